The van der Waals surface area contributed by atoms with Gasteiger partial charge in [-0.05, 0) is 31.2 Å². The lowest BCUT2D eigenvalue weighted by Gasteiger charge is -2.44. The second-order valence-electron chi connectivity index (χ2n) is 5.59. The Morgan fingerprint density at radius 1 is 1.37 bits per heavy atom. The highest BCUT2D eigenvalue weighted by Gasteiger charge is 2.51. The van der Waals surface area contributed by atoms with Crippen LogP contribution in [0.5, 0.6) is 0 Å². The van der Waals surface area contributed by atoms with Gasteiger partial charge < -0.3 is 9.64 Å². The van der Waals surface area contributed by atoms with Gasteiger partial charge in [-0.15, -0.1) is 0 Å². The highest BCUT2D eigenvalue weighted by Crippen LogP contribution is 2.46. The fourth-order valence-electron chi connectivity index (χ4n) is 3.14. The minimum Gasteiger partial charge on any atom is -0.445 e. The van der Waals surface area contributed by atoms with Crippen molar-refractivity contribution in [2.75, 3.05) is 6.54 Å². The Labute approximate surface area is 119 Å². The molecule has 1 aromatic rings. The summed E-state index contributed by atoms with van der Waals surface area (Å²) >= 11 is 4.54. The molecule has 1 spiro atoms. The van der Waals surface area contributed by atoms with Gasteiger partial charge in [-0.2, -0.15) is 12.6 Å². The molecule has 1 amide bonds. The van der Waals surface area contributed by atoms with E-state index < -0.39 is 0 Å². The normalized spacial score (nSPS) is 24.3. The molecule has 1 saturated heterocycles. The molecular weight excluding hydrogens is 258 g/mol. The van der Waals surface area contributed by atoms with Crippen LogP contribution in [0.3, 0.4) is 0 Å². The van der Waals surface area contributed by atoms with Crippen LogP contribution in [-0.2, 0) is 11.3 Å². The van der Waals surface area contributed by atoms with Crippen molar-refractivity contribution in [3.05, 3.63) is 35.9 Å². The van der Waals surface area contributed by atoms with E-state index in [4.69, 9.17) is 4.74 Å². The van der Waals surface area contributed by atoms with Crippen LogP contribution in [0.2, 0.25) is 0 Å². The zero-order chi connectivity index (χ0) is 13.3. The number of hydrogen-bond donors (Lipinski definition) is 1. The van der Waals surface area contributed by atoms with Gasteiger partial charge in [0.05, 0.1) is 0 Å². The monoisotopic (exact) mass is 277 g/mol. The third-order valence-electron chi connectivity index (χ3n) is 4.29. The minimum atomic E-state index is -0.180. The standard InChI is InChI=1S/C15H19NO2S/c17-14(18-11-12-5-2-1-3-6-12)16-10-13(19)9-15(16)7-4-8-15/h1-3,5-6,13,19H,4,7-11H2. The van der Waals surface area contributed by atoms with Gasteiger partial charge in [0.25, 0.3) is 0 Å². The molecule has 0 aromatic heterocycles. The molecule has 1 aliphatic heterocycles. The quantitative estimate of drug-likeness (QED) is 0.841. The average molecular weight is 277 g/mol. The predicted molar refractivity (Wildman–Crippen MR) is 77.3 cm³/mol. The van der Waals surface area contributed by atoms with Gasteiger partial charge in [0.1, 0.15) is 6.61 Å². The lowest BCUT2D eigenvalue weighted by Crippen LogP contribution is -2.52. The molecule has 2 fully saturated rings. The van der Waals surface area contributed by atoms with E-state index in [1.165, 1.54) is 6.42 Å². The summed E-state index contributed by atoms with van der Waals surface area (Å²) in [5.41, 5.74) is 1.08. The van der Waals surface area contributed by atoms with Crippen molar-refractivity contribution in [2.24, 2.45) is 0 Å². The van der Waals surface area contributed by atoms with Gasteiger partial charge in [-0.1, -0.05) is 30.3 Å². The topological polar surface area (TPSA) is 29.5 Å². The maximum atomic E-state index is 12.2. The molecule has 1 aromatic carbocycles. The maximum absolute atomic E-state index is 12.2. The molecule has 19 heavy (non-hydrogen) atoms. The minimum absolute atomic E-state index is 0.0557. The second kappa shape index (κ2) is 5.08. The van der Waals surface area contributed by atoms with E-state index in [0.29, 0.717) is 11.9 Å². The van der Waals surface area contributed by atoms with E-state index in [1.54, 1.807) is 0 Å². The van der Waals surface area contributed by atoms with Crippen LogP contribution in [-0.4, -0.2) is 28.3 Å². The Bertz CT molecular complexity index is 458. The fraction of sp³-hybridized carbons (Fsp3) is 0.533. The summed E-state index contributed by atoms with van der Waals surface area (Å²) in [6.45, 7) is 1.07. The van der Waals surface area contributed by atoms with Crippen molar-refractivity contribution in [3.8, 4) is 0 Å². The number of hydrogen-bond acceptors (Lipinski definition) is 3. The summed E-state index contributed by atoms with van der Waals surface area (Å²) in [6, 6.07) is 9.81. The number of thiol groups is 1. The lowest BCUT2D eigenvalue weighted by molar-refractivity contribution is 0.0307. The molecule has 0 radical (unpaired) electrons. The molecule has 1 atom stereocenters. The van der Waals surface area contributed by atoms with E-state index in [-0.39, 0.29) is 11.6 Å². The third kappa shape index (κ3) is 2.46. The first kappa shape index (κ1) is 12.9. The van der Waals surface area contributed by atoms with E-state index in [9.17, 15) is 4.79 Å². The van der Waals surface area contributed by atoms with Crippen LogP contribution in [0.15, 0.2) is 30.3 Å². The molecular formula is C15H19NO2S. The van der Waals surface area contributed by atoms with Gasteiger partial charge >= 0.3 is 6.09 Å². The van der Waals surface area contributed by atoms with Crippen LogP contribution in [0, 0.1) is 0 Å². The molecule has 0 bridgehead atoms. The highest BCUT2D eigenvalue weighted by atomic mass is 32.1. The summed E-state index contributed by atoms with van der Waals surface area (Å²) in [6.07, 6.45) is 4.24. The molecule has 0 N–H and O–H groups in total. The van der Waals surface area contributed by atoms with Crippen LogP contribution in [0.4, 0.5) is 4.79 Å². The van der Waals surface area contributed by atoms with Gasteiger partial charge in [0, 0.05) is 17.3 Å². The number of rotatable bonds is 2. The van der Waals surface area contributed by atoms with Crippen LogP contribution < -0.4 is 0 Å². The van der Waals surface area contributed by atoms with Crippen LogP contribution in [0.25, 0.3) is 0 Å². The molecule has 1 heterocycles. The number of amides is 1. The lowest BCUT2D eigenvalue weighted by atomic mass is 9.75. The van der Waals surface area contributed by atoms with Crippen molar-refractivity contribution in [3.63, 3.8) is 0 Å². The van der Waals surface area contributed by atoms with Crippen molar-refractivity contribution in [2.45, 2.75) is 43.1 Å². The number of likely N-dealkylation sites (tertiary alicyclic amines) is 1. The number of nitrogens with zero attached hydrogens (tertiary/aromatic N) is 1. The number of carbonyl (C=O) groups excluding carboxylic acids is 1. The first-order valence-electron chi connectivity index (χ1n) is 6.86. The molecule has 2 aliphatic rings. The van der Waals surface area contributed by atoms with Crippen molar-refractivity contribution < 1.29 is 9.53 Å². The molecule has 3 rings (SSSR count). The zero-order valence-corrected chi connectivity index (χ0v) is 11.8. The molecule has 4 heteroatoms. The van der Waals surface area contributed by atoms with Crippen molar-refractivity contribution in [1.82, 2.24) is 4.90 Å². The van der Waals surface area contributed by atoms with E-state index in [1.807, 2.05) is 35.2 Å². The predicted octanol–water partition coefficient (Wildman–Crippen LogP) is 3.25. The maximum Gasteiger partial charge on any atom is 0.410 e. The molecule has 3 nitrogen and oxygen atoms in total. The van der Waals surface area contributed by atoms with Crippen LogP contribution >= 0.6 is 12.6 Å². The molecule has 1 saturated carbocycles. The summed E-state index contributed by atoms with van der Waals surface area (Å²) in [7, 11) is 0. The van der Waals surface area contributed by atoms with Crippen LogP contribution in [0.1, 0.15) is 31.2 Å². The van der Waals surface area contributed by atoms with E-state index in [0.717, 1.165) is 31.4 Å². The molecule has 1 unspecified atom stereocenters. The molecule has 102 valence electrons. The highest BCUT2D eigenvalue weighted by molar-refractivity contribution is 7.81. The Kier molecular flexibility index (Phi) is 3.44. The third-order valence-corrected chi connectivity index (χ3v) is 4.64. The molecule has 1 aliphatic carbocycles. The first-order chi connectivity index (χ1) is 9.20. The van der Waals surface area contributed by atoms with Crippen molar-refractivity contribution >= 4 is 18.7 Å². The summed E-state index contributed by atoms with van der Waals surface area (Å²) in [4.78, 5) is 14.2. The number of ether oxygens (including phenoxy) is 1. The van der Waals surface area contributed by atoms with Gasteiger partial charge in [0.15, 0.2) is 0 Å². The summed E-state index contributed by atoms with van der Waals surface area (Å²) in [5, 5.41) is 0.296. The number of carbonyl (C=O) groups is 1. The van der Waals surface area contributed by atoms with E-state index >= 15 is 0 Å². The Morgan fingerprint density at radius 2 is 2.11 bits per heavy atom. The Balaban J connectivity index is 1.61. The Morgan fingerprint density at radius 3 is 2.74 bits per heavy atom. The van der Waals surface area contributed by atoms with E-state index in [2.05, 4.69) is 12.6 Å². The summed E-state index contributed by atoms with van der Waals surface area (Å²) in [5.74, 6) is 0. The number of benzene rings is 1. The van der Waals surface area contributed by atoms with Gasteiger partial charge in [-0.3, -0.25) is 0 Å². The SMILES string of the molecule is O=C(OCc1ccccc1)N1CC(S)CC12CCC2. The van der Waals surface area contributed by atoms with Crippen molar-refractivity contribution in [1.29, 1.82) is 0 Å². The van der Waals surface area contributed by atoms with Gasteiger partial charge in [0.2, 0.25) is 0 Å². The van der Waals surface area contributed by atoms with Gasteiger partial charge in [-0.25, -0.2) is 4.79 Å². The fourth-order valence-corrected chi connectivity index (χ4v) is 3.65. The largest absolute Gasteiger partial charge is 0.445 e. The first-order valence-corrected chi connectivity index (χ1v) is 7.38. The average Bonchev–Trinajstić information content (AvgIpc) is 2.75. The second-order valence-corrected chi connectivity index (χ2v) is 6.32. The summed E-state index contributed by atoms with van der Waals surface area (Å²) < 4.78 is 5.44. The smallest absolute Gasteiger partial charge is 0.410 e. The zero-order valence-electron chi connectivity index (χ0n) is 10.9. The Hall–Kier alpha value is -1.16.